The molecule has 1 heterocycles. The molecule has 0 fully saturated rings. The Bertz CT molecular complexity index is 854. The van der Waals surface area contributed by atoms with Gasteiger partial charge in [0.15, 0.2) is 0 Å². The number of benzene rings is 2. The third-order valence-electron chi connectivity index (χ3n) is 3.81. The zero-order valence-electron chi connectivity index (χ0n) is 14.2. The molecule has 1 amide bonds. The molecule has 0 aliphatic heterocycles. The zero-order valence-corrected chi connectivity index (χ0v) is 15.8. The molecule has 1 N–H and O–H groups in total. The molecule has 0 aliphatic carbocycles. The van der Waals surface area contributed by atoms with Crippen LogP contribution in [0.15, 0.2) is 71.8 Å². The minimum Gasteiger partial charge on any atom is -0.349 e. The summed E-state index contributed by atoms with van der Waals surface area (Å²) >= 11 is 7.26. The number of rotatable bonds is 6. The van der Waals surface area contributed by atoms with Crippen LogP contribution in [-0.4, -0.2) is 21.9 Å². The highest BCUT2D eigenvalue weighted by atomic mass is 35.5. The Morgan fingerprint density at radius 3 is 2.42 bits per heavy atom. The van der Waals surface area contributed by atoms with Gasteiger partial charge in [-0.1, -0.05) is 65.8 Å². The third-order valence-corrected chi connectivity index (χ3v) is 4.98. The van der Waals surface area contributed by atoms with E-state index in [1.54, 1.807) is 0 Å². The van der Waals surface area contributed by atoms with Gasteiger partial charge in [-0.2, -0.15) is 0 Å². The van der Waals surface area contributed by atoms with E-state index in [1.165, 1.54) is 11.8 Å². The molecule has 0 aliphatic rings. The summed E-state index contributed by atoms with van der Waals surface area (Å²) in [5.41, 5.74) is 2.80. The summed E-state index contributed by atoms with van der Waals surface area (Å²) < 4.78 is 0. The van der Waals surface area contributed by atoms with Crippen molar-refractivity contribution in [3.05, 3.63) is 77.3 Å². The van der Waals surface area contributed by atoms with Gasteiger partial charge in [0.2, 0.25) is 5.91 Å². The minimum absolute atomic E-state index is 0.0253. The van der Waals surface area contributed by atoms with Gasteiger partial charge in [-0.05, 0) is 36.8 Å². The molecule has 3 rings (SSSR count). The van der Waals surface area contributed by atoms with Crippen LogP contribution in [0.3, 0.4) is 0 Å². The summed E-state index contributed by atoms with van der Waals surface area (Å²) in [5.74, 6) is 0.265. The summed E-state index contributed by atoms with van der Waals surface area (Å²) in [6.45, 7) is 1.97. The van der Waals surface area contributed by atoms with Gasteiger partial charge in [0.25, 0.3) is 0 Å². The molecule has 2 aromatic carbocycles. The molecular formula is C20H18ClN3OS. The molecule has 1 aromatic heterocycles. The first-order chi connectivity index (χ1) is 12.6. The number of carbonyl (C=O) groups is 1. The Morgan fingerprint density at radius 2 is 1.77 bits per heavy atom. The monoisotopic (exact) mass is 383 g/mol. The van der Waals surface area contributed by atoms with Crippen molar-refractivity contribution in [2.75, 3.05) is 5.75 Å². The van der Waals surface area contributed by atoms with Crippen molar-refractivity contribution in [3.8, 4) is 11.3 Å². The van der Waals surface area contributed by atoms with Crippen molar-refractivity contribution in [2.24, 2.45) is 0 Å². The fourth-order valence-corrected chi connectivity index (χ4v) is 3.17. The quantitative estimate of drug-likeness (QED) is 0.623. The van der Waals surface area contributed by atoms with Crippen molar-refractivity contribution in [1.29, 1.82) is 0 Å². The van der Waals surface area contributed by atoms with Crippen molar-refractivity contribution in [3.63, 3.8) is 0 Å². The number of carbonyl (C=O) groups excluding carboxylic acids is 1. The number of aromatic nitrogens is 2. The lowest BCUT2D eigenvalue weighted by Gasteiger charge is -2.13. The highest BCUT2D eigenvalue weighted by molar-refractivity contribution is 7.99. The largest absolute Gasteiger partial charge is 0.349 e. The lowest BCUT2D eigenvalue weighted by Crippen LogP contribution is -2.28. The van der Waals surface area contributed by atoms with Gasteiger partial charge >= 0.3 is 0 Å². The van der Waals surface area contributed by atoms with E-state index in [1.807, 2.05) is 73.7 Å². The maximum absolute atomic E-state index is 12.1. The maximum atomic E-state index is 12.1. The van der Waals surface area contributed by atoms with Crippen LogP contribution >= 0.6 is 23.4 Å². The van der Waals surface area contributed by atoms with Gasteiger partial charge in [0.1, 0.15) is 5.03 Å². The first-order valence-electron chi connectivity index (χ1n) is 8.18. The molecule has 0 radical (unpaired) electrons. The predicted octanol–water partition coefficient (Wildman–Crippen LogP) is 4.77. The molecule has 1 unspecified atom stereocenters. The van der Waals surface area contributed by atoms with Crippen molar-refractivity contribution in [2.45, 2.75) is 18.0 Å². The van der Waals surface area contributed by atoms with E-state index in [4.69, 9.17) is 11.6 Å². The van der Waals surface area contributed by atoms with Gasteiger partial charge in [-0.25, -0.2) is 0 Å². The maximum Gasteiger partial charge on any atom is 0.230 e. The van der Waals surface area contributed by atoms with Crippen LogP contribution in [0, 0.1) is 0 Å². The molecule has 0 bridgehead atoms. The van der Waals surface area contributed by atoms with Gasteiger partial charge in [0, 0.05) is 10.6 Å². The van der Waals surface area contributed by atoms with Gasteiger partial charge in [-0.15, -0.1) is 10.2 Å². The number of hydrogen-bond acceptors (Lipinski definition) is 4. The Morgan fingerprint density at radius 1 is 1.04 bits per heavy atom. The molecule has 4 nitrogen and oxygen atoms in total. The van der Waals surface area contributed by atoms with E-state index in [-0.39, 0.29) is 11.9 Å². The number of hydrogen-bond donors (Lipinski definition) is 1. The molecule has 6 heteroatoms. The first-order valence-corrected chi connectivity index (χ1v) is 9.55. The SMILES string of the molecule is CC(NC(=O)CSc1ccc(-c2ccc(Cl)cc2)nn1)c1ccccc1. The summed E-state index contributed by atoms with van der Waals surface area (Å²) in [7, 11) is 0. The number of amides is 1. The van der Waals surface area contributed by atoms with Gasteiger partial charge in [-0.3, -0.25) is 4.79 Å². The van der Waals surface area contributed by atoms with Crippen LogP contribution < -0.4 is 5.32 Å². The van der Waals surface area contributed by atoms with Crippen molar-refractivity contribution in [1.82, 2.24) is 15.5 Å². The normalized spacial score (nSPS) is 11.8. The fraction of sp³-hybridized carbons (Fsp3) is 0.150. The molecule has 0 spiro atoms. The molecule has 3 aromatic rings. The van der Waals surface area contributed by atoms with Crippen LogP contribution in [-0.2, 0) is 4.79 Å². The molecule has 0 saturated carbocycles. The van der Waals surface area contributed by atoms with E-state index in [2.05, 4.69) is 15.5 Å². The van der Waals surface area contributed by atoms with Gasteiger partial charge < -0.3 is 5.32 Å². The molecular weight excluding hydrogens is 366 g/mol. The zero-order chi connectivity index (χ0) is 18.4. The predicted molar refractivity (Wildman–Crippen MR) is 106 cm³/mol. The molecule has 0 saturated heterocycles. The van der Waals surface area contributed by atoms with E-state index in [0.29, 0.717) is 15.8 Å². The van der Waals surface area contributed by atoms with E-state index in [9.17, 15) is 4.79 Å². The lowest BCUT2D eigenvalue weighted by atomic mass is 10.1. The third kappa shape index (κ3) is 5.07. The second-order valence-corrected chi connectivity index (χ2v) is 7.18. The Balaban J connectivity index is 1.53. The van der Waals surface area contributed by atoms with Crippen molar-refractivity contribution < 1.29 is 4.79 Å². The molecule has 1 atom stereocenters. The molecule has 26 heavy (non-hydrogen) atoms. The van der Waals surface area contributed by atoms with Crippen LogP contribution in [0.2, 0.25) is 5.02 Å². The van der Waals surface area contributed by atoms with E-state index in [0.717, 1.165) is 16.8 Å². The number of nitrogens with one attached hydrogen (secondary N) is 1. The van der Waals surface area contributed by atoms with E-state index < -0.39 is 0 Å². The average molecular weight is 384 g/mol. The second kappa shape index (κ2) is 8.83. The second-order valence-electron chi connectivity index (χ2n) is 5.75. The van der Waals surface area contributed by atoms with Crippen LogP contribution in [0.4, 0.5) is 0 Å². The molecule has 132 valence electrons. The van der Waals surface area contributed by atoms with E-state index >= 15 is 0 Å². The first kappa shape index (κ1) is 18.4. The Labute approximate surface area is 162 Å². The highest BCUT2D eigenvalue weighted by Crippen LogP contribution is 2.21. The van der Waals surface area contributed by atoms with Crippen LogP contribution in [0.5, 0.6) is 0 Å². The smallest absolute Gasteiger partial charge is 0.230 e. The highest BCUT2D eigenvalue weighted by Gasteiger charge is 2.10. The number of thioether (sulfide) groups is 1. The summed E-state index contributed by atoms with van der Waals surface area (Å²) in [6.07, 6.45) is 0. The topological polar surface area (TPSA) is 54.9 Å². The Hall–Kier alpha value is -2.37. The van der Waals surface area contributed by atoms with Crippen molar-refractivity contribution >= 4 is 29.3 Å². The summed E-state index contributed by atoms with van der Waals surface area (Å²) in [4.78, 5) is 12.1. The van der Waals surface area contributed by atoms with Gasteiger partial charge in [0.05, 0.1) is 17.5 Å². The standard InChI is InChI=1S/C20H18ClN3OS/c1-14(15-5-3-2-4-6-15)22-19(25)13-26-20-12-11-18(23-24-20)16-7-9-17(21)10-8-16/h2-12,14H,13H2,1H3,(H,22,25). The Kier molecular flexibility index (Phi) is 6.26. The summed E-state index contributed by atoms with van der Waals surface area (Å²) in [6, 6.07) is 21.1. The lowest BCUT2D eigenvalue weighted by molar-refractivity contribution is -0.119. The fourth-order valence-electron chi connectivity index (χ4n) is 2.42. The number of nitrogens with zero attached hydrogens (tertiary/aromatic N) is 2. The van der Waals surface area contributed by atoms with Crippen LogP contribution in [0.1, 0.15) is 18.5 Å². The summed E-state index contributed by atoms with van der Waals surface area (Å²) in [5, 5.41) is 12.8. The average Bonchev–Trinajstić information content (AvgIpc) is 2.68. The minimum atomic E-state index is -0.0325. The van der Waals surface area contributed by atoms with Crippen LogP contribution in [0.25, 0.3) is 11.3 Å². The number of halogens is 1.